The van der Waals surface area contributed by atoms with Crippen LogP contribution in [-0.2, 0) is 4.74 Å². The van der Waals surface area contributed by atoms with Gasteiger partial charge in [0.2, 0.25) is 0 Å². The van der Waals surface area contributed by atoms with Crippen molar-refractivity contribution in [2.45, 2.75) is 25.0 Å². The van der Waals surface area contributed by atoms with Crippen molar-refractivity contribution in [3.63, 3.8) is 0 Å². The number of carbonyl (C=O) groups excluding carboxylic acids is 1. The van der Waals surface area contributed by atoms with Gasteiger partial charge in [0, 0.05) is 43.8 Å². The third-order valence-corrected chi connectivity index (χ3v) is 4.99. The highest BCUT2D eigenvalue weighted by Gasteiger charge is 2.44. The highest BCUT2D eigenvalue weighted by molar-refractivity contribution is 5.92. The van der Waals surface area contributed by atoms with Gasteiger partial charge in [-0.25, -0.2) is 4.98 Å². The monoisotopic (exact) mass is 339 g/mol. The van der Waals surface area contributed by atoms with E-state index in [1.807, 2.05) is 23.2 Å². The molecule has 1 saturated heterocycles. The second-order valence-electron chi connectivity index (χ2n) is 6.45. The molecular formula is C18H21N5O2. The molecule has 0 aromatic carbocycles. The Morgan fingerprint density at radius 3 is 2.96 bits per heavy atom. The van der Waals surface area contributed by atoms with Crippen molar-refractivity contribution in [2.75, 3.05) is 25.0 Å². The van der Waals surface area contributed by atoms with Crippen LogP contribution in [0.2, 0.25) is 0 Å². The lowest BCUT2D eigenvalue weighted by atomic mass is 10.0. The fraction of sp³-hybridized carbons (Fsp3) is 0.444. The molecule has 130 valence electrons. The molecule has 25 heavy (non-hydrogen) atoms. The van der Waals surface area contributed by atoms with Gasteiger partial charge < -0.3 is 15.0 Å². The molecule has 3 atom stereocenters. The first kappa shape index (κ1) is 16.0. The summed E-state index contributed by atoms with van der Waals surface area (Å²) in [5.74, 6) is 0.329. The molecule has 1 aliphatic carbocycles. The van der Waals surface area contributed by atoms with Gasteiger partial charge >= 0.3 is 0 Å². The summed E-state index contributed by atoms with van der Waals surface area (Å²) in [4.78, 5) is 27.0. The van der Waals surface area contributed by atoms with Crippen LogP contribution in [0, 0.1) is 5.92 Å². The minimum Gasteiger partial charge on any atom is -0.383 e. The number of morpholine rings is 1. The van der Waals surface area contributed by atoms with Crippen LogP contribution in [0.15, 0.2) is 43.1 Å². The summed E-state index contributed by atoms with van der Waals surface area (Å²) in [5, 5.41) is 3.43. The largest absolute Gasteiger partial charge is 0.383 e. The Kier molecular flexibility index (Phi) is 4.56. The van der Waals surface area contributed by atoms with Gasteiger partial charge in [-0.15, -0.1) is 0 Å². The number of fused-ring (bicyclic) bond motifs is 1. The van der Waals surface area contributed by atoms with Gasteiger partial charge in [0.1, 0.15) is 5.69 Å². The highest BCUT2D eigenvalue weighted by atomic mass is 16.5. The van der Waals surface area contributed by atoms with Crippen molar-refractivity contribution in [2.24, 2.45) is 5.92 Å². The second kappa shape index (κ2) is 7.14. The van der Waals surface area contributed by atoms with Gasteiger partial charge in [-0.05, 0) is 25.0 Å². The van der Waals surface area contributed by atoms with Crippen molar-refractivity contribution >= 4 is 11.6 Å². The van der Waals surface area contributed by atoms with Crippen molar-refractivity contribution < 1.29 is 9.53 Å². The molecule has 3 heterocycles. The lowest BCUT2D eigenvalue weighted by Gasteiger charge is -2.39. The van der Waals surface area contributed by atoms with Gasteiger partial charge in [-0.3, -0.25) is 14.8 Å². The number of hydrogen-bond acceptors (Lipinski definition) is 6. The van der Waals surface area contributed by atoms with Crippen LogP contribution in [0.25, 0.3) is 0 Å². The lowest BCUT2D eigenvalue weighted by molar-refractivity contribution is -0.0603. The summed E-state index contributed by atoms with van der Waals surface area (Å²) < 4.78 is 6.03. The van der Waals surface area contributed by atoms with E-state index in [1.54, 1.807) is 18.6 Å². The molecular weight excluding hydrogens is 318 g/mol. The minimum atomic E-state index is -0.0488. The van der Waals surface area contributed by atoms with Gasteiger partial charge in [0.25, 0.3) is 5.91 Å². The predicted molar refractivity (Wildman–Crippen MR) is 92.0 cm³/mol. The van der Waals surface area contributed by atoms with Gasteiger partial charge in [0.05, 0.1) is 30.6 Å². The van der Waals surface area contributed by atoms with E-state index in [2.05, 4.69) is 20.3 Å². The normalized spacial score (nSPS) is 25.4. The fourth-order valence-electron chi connectivity index (χ4n) is 3.80. The molecule has 7 heteroatoms. The van der Waals surface area contributed by atoms with E-state index in [0.717, 1.165) is 25.1 Å². The molecule has 0 radical (unpaired) electrons. The number of pyridine rings is 1. The number of rotatable bonds is 4. The molecule has 4 rings (SSSR count). The van der Waals surface area contributed by atoms with Crippen LogP contribution in [-0.4, -0.2) is 57.6 Å². The molecule has 2 aromatic rings. The van der Waals surface area contributed by atoms with Crippen LogP contribution in [0.5, 0.6) is 0 Å². The maximum absolute atomic E-state index is 12.8. The van der Waals surface area contributed by atoms with E-state index < -0.39 is 0 Å². The molecule has 0 spiro atoms. The number of nitrogens with zero attached hydrogens (tertiary/aromatic N) is 4. The van der Waals surface area contributed by atoms with Gasteiger partial charge in [-0.1, -0.05) is 0 Å². The summed E-state index contributed by atoms with van der Waals surface area (Å²) in [6.45, 7) is 2.00. The first-order chi connectivity index (χ1) is 12.3. The summed E-state index contributed by atoms with van der Waals surface area (Å²) in [6.07, 6.45) is 10.3. The van der Waals surface area contributed by atoms with Crippen LogP contribution in [0.4, 0.5) is 5.69 Å². The first-order valence-electron chi connectivity index (χ1n) is 8.65. The fourth-order valence-corrected chi connectivity index (χ4v) is 3.80. The molecule has 2 aliphatic rings. The number of anilines is 1. The second-order valence-corrected chi connectivity index (χ2v) is 6.45. The first-order valence-corrected chi connectivity index (χ1v) is 8.65. The maximum atomic E-state index is 12.8. The number of amides is 1. The molecule has 0 bridgehead atoms. The minimum absolute atomic E-state index is 0.0488. The number of ether oxygens (including phenoxy) is 1. The SMILES string of the molecule is O=C(c1cnccn1)N1CCOC2C(CNc3cccnc3)CCC21. The van der Waals surface area contributed by atoms with E-state index in [1.165, 1.54) is 6.20 Å². The van der Waals surface area contributed by atoms with Crippen molar-refractivity contribution in [3.8, 4) is 0 Å². The number of carbonyl (C=O) groups is 1. The quantitative estimate of drug-likeness (QED) is 0.911. The standard InChI is InChI=1S/C18H21N5O2/c24-18(15-12-20-6-7-21-15)23-8-9-25-17-13(3-4-16(17)23)10-22-14-2-1-5-19-11-14/h1-2,5-7,11-13,16-17,22H,3-4,8-10H2. The van der Waals surface area contributed by atoms with E-state index in [4.69, 9.17) is 4.74 Å². The third kappa shape index (κ3) is 3.32. The van der Waals surface area contributed by atoms with E-state index >= 15 is 0 Å². The summed E-state index contributed by atoms with van der Waals surface area (Å²) in [5.41, 5.74) is 1.41. The summed E-state index contributed by atoms with van der Waals surface area (Å²) >= 11 is 0. The van der Waals surface area contributed by atoms with E-state index in [-0.39, 0.29) is 18.1 Å². The number of hydrogen-bond donors (Lipinski definition) is 1. The van der Waals surface area contributed by atoms with Crippen molar-refractivity contribution in [1.29, 1.82) is 0 Å². The van der Waals surface area contributed by atoms with Crippen molar-refractivity contribution in [1.82, 2.24) is 19.9 Å². The average Bonchev–Trinajstić information content (AvgIpc) is 3.10. The van der Waals surface area contributed by atoms with Crippen LogP contribution < -0.4 is 5.32 Å². The molecule has 2 fully saturated rings. The molecule has 2 aromatic heterocycles. The Hall–Kier alpha value is -2.54. The third-order valence-electron chi connectivity index (χ3n) is 4.99. The van der Waals surface area contributed by atoms with Crippen LogP contribution in [0.3, 0.4) is 0 Å². The zero-order valence-electron chi connectivity index (χ0n) is 13.9. The van der Waals surface area contributed by atoms with E-state index in [0.29, 0.717) is 24.8 Å². The Morgan fingerprint density at radius 2 is 2.16 bits per heavy atom. The van der Waals surface area contributed by atoms with E-state index in [9.17, 15) is 4.79 Å². The Bertz CT molecular complexity index is 712. The summed E-state index contributed by atoms with van der Waals surface area (Å²) in [6, 6.07) is 4.03. The molecule has 7 nitrogen and oxygen atoms in total. The maximum Gasteiger partial charge on any atom is 0.274 e. The Morgan fingerprint density at radius 1 is 1.24 bits per heavy atom. The zero-order valence-corrected chi connectivity index (χ0v) is 13.9. The Balaban J connectivity index is 1.42. The average molecular weight is 339 g/mol. The zero-order chi connectivity index (χ0) is 17.1. The molecule has 3 unspecified atom stereocenters. The van der Waals surface area contributed by atoms with Crippen LogP contribution >= 0.6 is 0 Å². The molecule has 1 N–H and O–H groups in total. The number of nitrogens with one attached hydrogen (secondary N) is 1. The molecule has 1 saturated carbocycles. The van der Waals surface area contributed by atoms with Crippen molar-refractivity contribution in [3.05, 3.63) is 48.8 Å². The smallest absolute Gasteiger partial charge is 0.274 e. The van der Waals surface area contributed by atoms with Gasteiger partial charge in [-0.2, -0.15) is 0 Å². The summed E-state index contributed by atoms with van der Waals surface area (Å²) in [7, 11) is 0. The number of aromatic nitrogens is 3. The predicted octanol–water partition coefficient (Wildman–Crippen LogP) is 1.60. The Labute approximate surface area is 146 Å². The topological polar surface area (TPSA) is 80.2 Å². The lowest BCUT2D eigenvalue weighted by Crippen LogP contribution is -2.53. The highest BCUT2D eigenvalue weighted by Crippen LogP contribution is 2.35. The van der Waals surface area contributed by atoms with Crippen LogP contribution in [0.1, 0.15) is 23.3 Å². The van der Waals surface area contributed by atoms with Gasteiger partial charge in [0.15, 0.2) is 0 Å². The molecule has 1 aliphatic heterocycles. The molecule has 1 amide bonds.